The molecule has 1 saturated heterocycles. The van der Waals surface area contributed by atoms with Crippen molar-refractivity contribution in [3.8, 4) is 0 Å². The van der Waals surface area contributed by atoms with Crippen molar-refractivity contribution in [3.05, 3.63) is 36.9 Å². The first-order valence-electron chi connectivity index (χ1n) is 5.62. The van der Waals surface area contributed by atoms with Crippen LogP contribution in [-0.2, 0) is 14.3 Å². The lowest BCUT2D eigenvalue weighted by atomic mass is 10.2. The predicted octanol–water partition coefficient (Wildman–Crippen LogP) is 1.17. The van der Waals surface area contributed by atoms with E-state index in [1.807, 2.05) is 6.07 Å². The second-order valence-corrected chi connectivity index (χ2v) is 3.84. The molecule has 18 heavy (non-hydrogen) atoms. The standard InChI is InChI=1S/C13H14N2O3/c1-2-12(16)14-10-4-3-5-11(8-10)15-6-7-18-9-13(15)17/h2-5,8H,1,6-7,9H2,(H,14,16). The maximum Gasteiger partial charge on any atom is 0.253 e. The van der Waals surface area contributed by atoms with Crippen LogP contribution >= 0.6 is 0 Å². The number of rotatable bonds is 3. The highest BCUT2D eigenvalue weighted by Gasteiger charge is 2.20. The Morgan fingerprint density at radius 3 is 3.06 bits per heavy atom. The Labute approximate surface area is 105 Å². The molecule has 1 aromatic rings. The molecule has 5 heteroatoms. The fourth-order valence-electron chi connectivity index (χ4n) is 1.74. The third-order valence-electron chi connectivity index (χ3n) is 2.60. The number of anilines is 2. The molecule has 1 N–H and O–H groups in total. The highest BCUT2D eigenvalue weighted by atomic mass is 16.5. The molecule has 5 nitrogen and oxygen atoms in total. The van der Waals surface area contributed by atoms with E-state index in [0.717, 1.165) is 5.69 Å². The molecule has 1 aliphatic heterocycles. The first-order valence-corrected chi connectivity index (χ1v) is 5.62. The van der Waals surface area contributed by atoms with Gasteiger partial charge in [0, 0.05) is 17.9 Å². The van der Waals surface area contributed by atoms with Gasteiger partial charge in [-0.05, 0) is 24.3 Å². The number of amides is 2. The summed E-state index contributed by atoms with van der Waals surface area (Å²) in [5, 5.41) is 2.66. The van der Waals surface area contributed by atoms with E-state index in [1.54, 1.807) is 23.1 Å². The lowest BCUT2D eigenvalue weighted by molar-refractivity contribution is -0.125. The summed E-state index contributed by atoms with van der Waals surface area (Å²) in [4.78, 5) is 24.5. The minimum atomic E-state index is -0.277. The number of benzene rings is 1. The maximum atomic E-state index is 11.7. The molecule has 1 heterocycles. The van der Waals surface area contributed by atoms with Gasteiger partial charge in [0.2, 0.25) is 5.91 Å². The van der Waals surface area contributed by atoms with E-state index in [9.17, 15) is 9.59 Å². The number of ether oxygens (including phenoxy) is 1. The summed E-state index contributed by atoms with van der Waals surface area (Å²) < 4.78 is 5.07. The molecule has 0 saturated carbocycles. The Kier molecular flexibility index (Phi) is 3.74. The Morgan fingerprint density at radius 2 is 2.33 bits per heavy atom. The van der Waals surface area contributed by atoms with Crippen molar-refractivity contribution in [2.75, 3.05) is 30.0 Å². The number of carbonyl (C=O) groups excluding carboxylic acids is 2. The van der Waals surface area contributed by atoms with E-state index < -0.39 is 0 Å². The first kappa shape index (κ1) is 12.3. The van der Waals surface area contributed by atoms with Crippen LogP contribution in [0, 0.1) is 0 Å². The number of nitrogens with zero attached hydrogens (tertiary/aromatic N) is 1. The highest BCUT2D eigenvalue weighted by molar-refractivity contribution is 6.00. The summed E-state index contributed by atoms with van der Waals surface area (Å²) >= 11 is 0. The first-order chi connectivity index (χ1) is 8.70. The summed E-state index contributed by atoms with van der Waals surface area (Å²) in [6, 6.07) is 7.13. The van der Waals surface area contributed by atoms with Gasteiger partial charge in [-0.3, -0.25) is 9.59 Å². The fourth-order valence-corrected chi connectivity index (χ4v) is 1.74. The van der Waals surface area contributed by atoms with Gasteiger partial charge in [-0.2, -0.15) is 0 Å². The van der Waals surface area contributed by atoms with Gasteiger partial charge in [0.15, 0.2) is 0 Å². The molecular formula is C13H14N2O3. The summed E-state index contributed by atoms with van der Waals surface area (Å²) in [6.07, 6.45) is 1.20. The minimum Gasteiger partial charge on any atom is -0.370 e. The van der Waals surface area contributed by atoms with E-state index in [1.165, 1.54) is 6.08 Å². The quantitative estimate of drug-likeness (QED) is 0.814. The van der Waals surface area contributed by atoms with Crippen LogP contribution in [0.4, 0.5) is 11.4 Å². The van der Waals surface area contributed by atoms with Gasteiger partial charge in [0.05, 0.1) is 6.61 Å². The third kappa shape index (κ3) is 2.75. The van der Waals surface area contributed by atoms with Crippen LogP contribution in [0.1, 0.15) is 0 Å². The second kappa shape index (κ2) is 5.46. The number of hydrogen-bond donors (Lipinski definition) is 1. The van der Waals surface area contributed by atoms with Gasteiger partial charge in [-0.25, -0.2) is 0 Å². The zero-order valence-electron chi connectivity index (χ0n) is 9.89. The van der Waals surface area contributed by atoms with Crippen molar-refractivity contribution < 1.29 is 14.3 Å². The summed E-state index contributed by atoms with van der Waals surface area (Å²) in [5.41, 5.74) is 1.39. The van der Waals surface area contributed by atoms with E-state index >= 15 is 0 Å². The average molecular weight is 246 g/mol. The van der Waals surface area contributed by atoms with Gasteiger partial charge < -0.3 is 15.0 Å². The minimum absolute atomic E-state index is 0.0755. The largest absolute Gasteiger partial charge is 0.370 e. The molecule has 0 unspecified atom stereocenters. The molecule has 0 bridgehead atoms. The van der Waals surface area contributed by atoms with Crippen molar-refractivity contribution in [1.82, 2.24) is 0 Å². The molecule has 94 valence electrons. The lowest BCUT2D eigenvalue weighted by Crippen LogP contribution is -2.41. The normalized spacial score (nSPS) is 15.3. The molecule has 1 fully saturated rings. The van der Waals surface area contributed by atoms with Crippen LogP contribution in [0.2, 0.25) is 0 Å². The lowest BCUT2D eigenvalue weighted by Gasteiger charge is -2.27. The van der Waals surface area contributed by atoms with Crippen LogP contribution < -0.4 is 10.2 Å². The molecule has 2 rings (SSSR count). The zero-order valence-corrected chi connectivity index (χ0v) is 9.89. The molecule has 1 aliphatic rings. The molecule has 0 aliphatic carbocycles. The molecule has 0 aromatic heterocycles. The van der Waals surface area contributed by atoms with Gasteiger partial charge in [-0.15, -0.1) is 0 Å². The summed E-state index contributed by atoms with van der Waals surface area (Å²) in [6.45, 7) is 4.54. The van der Waals surface area contributed by atoms with Gasteiger partial charge in [0.25, 0.3) is 5.91 Å². The molecule has 2 amide bonds. The third-order valence-corrected chi connectivity index (χ3v) is 2.60. The molecular weight excluding hydrogens is 232 g/mol. The molecule has 1 aromatic carbocycles. The van der Waals surface area contributed by atoms with Gasteiger partial charge in [-0.1, -0.05) is 12.6 Å². The van der Waals surface area contributed by atoms with Gasteiger partial charge >= 0.3 is 0 Å². The smallest absolute Gasteiger partial charge is 0.253 e. The summed E-state index contributed by atoms with van der Waals surface area (Å²) in [7, 11) is 0. The van der Waals surface area contributed by atoms with Crippen molar-refractivity contribution in [3.63, 3.8) is 0 Å². The highest BCUT2D eigenvalue weighted by Crippen LogP contribution is 2.20. The Morgan fingerprint density at radius 1 is 1.50 bits per heavy atom. The van der Waals surface area contributed by atoms with Crippen LogP contribution in [0.3, 0.4) is 0 Å². The number of morpholine rings is 1. The Bertz CT molecular complexity index is 485. The van der Waals surface area contributed by atoms with E-state index in [4.69, 9.17) is 4.74 Å². The van der Waals surface area contributed by atoms with Crippen molar-refractivity contribution in [2.45, 2.75) is 0 Å². The van der Waals surface area contributed by atoms with Crippen LogP contribution in [0.15, 0.2) is 36.9 Å². The fraction of sp³-hybridized carbons (Fsp3) is 0.231. The van der Waals surface area contributed by atoms with Crippen LogP contribution in [-0.4, -0.2) is 31.6 Å². The monoisotopic (exact) mass is 246 g/mol. The average Bonchev–Trinajstić information content (AvgIpc) is 2.39. The Balaban J connectivity index is 2.18. The van der Waals surface area contributed by atoms with Crippen LogP contribution in [0.25, 0.3) is 0 Å². The van der Waals surface area contributed by atoms with E-state index in [0.29, 0.717) is 18.8 Å². The Hall–Kier alpha value is -2.14. The predicted molar refractivity (Wildman–Crippen MR) is 68.4 cm³/mol. The van der Waals surface area contributed by atoms with Crippen molar-refractivity contribution in [1.29, 1.82) is 0 Å². The maximum absolute atomic E-state index is 11.7. The van der Waals surface area contributed by atoms with Crippen molar-refractivity contribution >= 4 is 23.2 Å². The number of hydrogen-bond acceptors (Lipinski definition) is 3. The second-order valence-electron chi connectivity index (χ2n) is 3.84. The van der Waals surface area contributed by atoms with E-state index in [-0.39, 0.29) is 18.4 Å². The van der Waals surface area contributed by atoms with E-state index in [2.05, 4.69) is 11.9 Å². The summed E-state index contributed by atoms with van der Waals surface area (Å²) in [5.74, 6) is -0.353. The van der Waals surface area contributed by atoms with Crippen LogP contribution in [0.5, 0.6) is 0 Å². The SMILES string of the molecule is C=CC(=O)Nc1cccc(N2CCOCC2=O)c1. The molecule has 0 spiro atoms. The molecule has 0 atom stereocenters. The topological polar surface area (TPSA) is 58.6 Å². The van der Waals surface area contributed by atoms with Crippen molar-refractivity contribution in [2.24, 2.45) is 0 Å². The molecule has 0 radical (unpaired) electrons. The number of carbonyl (C=O) groups is 2. The number of nitrogens with one attached hydrogen (secondary N) is 1. The van der Waals surface area contributed by atoms with Gasteiger partial charge in [0.1, 0.15) is 6.61 Å². The zero-order chi connectivity index (χ0) is 13.0.